The summed E-state index contributed by atoms with van der Waals surface area (Å²) in [7, 11) is -3.35. The highest BCUT2D eigenvalue weighted by Crippen LogP contribution is 2.54. The normalized spacial score (nSPS) is 24.4. The maximum absolute atomic E-state index is 11.9. The van der Waals surface area contributed by atoms with Crippen LogP contribution in [0, 0.1) is 0 Å². The van der Waals surface area contributed by atoms with Gasteiger partial charge in [0.15, 0.2) is 6.54 Å². The minimum absolute atomic E-state index is 0.112. The molecule has 1 aliphatic rings. The molecule has 1 rings (SSSR count). The number of carboxylic acids is 1. The van der Waals surface area contributed by atoms with Gasteiger partial charge in [0.25, 0.3) is 0 Å². The van der Waals surface area contributed by atoms with Crippen LogP contribution >= 0.6 is 7.52 Å². The van der Waals surface area contributed by atoms with Crippen molar-refractivity contribution >= 4 is 13.5 Å². The van der Waals surface area contributed by atoms with Crippen LogP contribution in [0.25, 0.3) is 0 Å². The lowest BCUT2D eigenvalue weighted by Crippen LogP contribution is -2.46. The summed E-state index contributed by atoms with van der Waals surface area (Å²) >= 11 is 0. The van der Waals surface area contributed by atoms with Crippen molar-refractivity contribution in [3.63, 3.8) is 0 Å². The fourth-order valence-corrected chi connectivity index (χ4v) is 3.91. The Kier molecular flexibility index (Phi) is 3.35. The fourth-order valence-electron chi connectivity index (χ4n) is 2.06. The maximum atomic E-state index is 11.9. The van der Waals surface area contributed by atoms with Gasteiger partial charge in [-0.1, -0.05) is 6.92 Å². The van der Waals surface area contributed by atoms with E-state index < -0.39 is 13.5 Å². The molecule has 1 aliphatic heterocycles. The first kappa shape index (κ1) is 11.7. The number of rotatable bonds is 4. The molecule has 0 amide bonds. The summed E-state index contributed by atoms with van der Waals surface area (Å²) in [5.74, 6) is -0.991. The van der Waals surface area contributed by atoms with Gasteiger partial charge in [0, 0.05) is 12.8 Å². The van der Waals surface area contributed by atoms with Crippen LogP contribution in [0.3, 0.4) is 0 Å². The Bertz CT molecular complexity index is 273. The highest BCUT2D eigenvalue weighted by Gasteiger charge is 2.48. The molecule has 2 N–H and O–H groups in total. The van der Waals surface area contributed by atoms with E-state index in [-0.39, 0.29) is 17.0 Å². The van der Waals surface area contributed by atoms with E-state index in [4.69, 9.17) is 5.11 Å². The van der Waals surface area contributed by atoms with Crippen LogP contribution < -0.4 is 0 Å². The number of hydrogen-bond acceptors (Lipinski definition) is 2. The first-order chi connectivity index (χ1) is 6.43. The van der Waals surface area contributed by atoms with E-state index in [1.54, 1.807) is 6.92 Å². The Morgan fingerprint density at radius 1 is 1.43 bits per heavy atom. The summed E-state index contributed by atoms with van der Waals surface area (Å²) in [5, 5.41) is 8.75. The Balaban J connectivity index is 2.92. The zero-order valence-electron chi connectivity index (χ0n) is 8.35. The van der Waals surface area contributed by atoms with Gasteiger partial charge in [-0.3, -0.25) is 4.25 Å². The topological polar surface area (TPSA) is 74.6 Å². The van der Waals surface area contributed by atoms with Gasteiger partial charge in [-0.25, -0.2) is 9.36 Å². The van der Waals surface area contributed by atoms with Gasteiger partial charge in [-0.15, -0.1) is 0 Å². The molecule has 82 valence electrons. The van der Waals surface area contributed by atoms with Gasteiger partial charge in [-0.2, -0.15) is 0 Å². The van der Waals surface area contributed by atoms with Crippen LogP contribution in [-0.4, -0.2) is 46.0 Å². The van der Waals surface area contributed by atoms with E-state index in [1.807, 2.05) is 0 Å². The van der Waals surface area contributed by atoms with Crippen LogP contribution in [0.1, 0.15) is 19.8 Å². The van der Waals surface area contributed by atoms with Crippen LogP contribution in [0.4, 0.5) is 0 Å². The van der Waals surface area contributed by atoms with Crippen molar-refractivity contribution in [3.8, 4) is 0 Å². The highest BCUT2D eigenvalue weighted by molar-refractivity contribution is 7.51. The van der Waals surface area contributed by atoms with Crippen LogP contribution in [-0.2, 0) is 9.36 Å². The number of hydrogen-bond donors (Lipinski definition) is 2. The molecule has 0 aromatic carbocycles. The summed E-state index contributed by atoms with van der Waals surface area (Å²) in [6, 6.07) is 0. The molecule has 1 unspecified atom stereocenters. The van der Waals surface area contributed by atoms with E-state index in [0.717, 1.165) is 12.8 Å². The predicted molar refractivity (Wildman–Crippen MR) is 52.1 cm³/mol. The number of likely N-dealkylation sites (tertiary alicyclic amines) is 1. The number of quaternary nitrogens is 1. The molecule has 0 bridgehead atoms. The molecule has 0 aromatic heterocycles. The molecule has 1 atom stereocenters. The average Bonchev–Trinajstić information content (AvgIpc) is 2.53. The summed E-state index contributed by atoms with van der Waals surface area (Å²) in [6.07, 6.45) is 1.84. The highest BCUT2D eigenvalue weighted by atomic mass is 31.2. The fraction of sp³-hybridized carbons (Fsp3) is 0.875. The van der Waals surface area contributed by atoms with Crippen molar-refractivity contribution in [2.24, 2.45) is 0 Å². The second-order valence-electron chi connectivity index (χ2n) is 3.78. The first-order valence-corrected chi connectivity index (χ1v) is 6.63. The Hall–Kier alpha value is -0.380. The quantitative estimate of drug-likeness (QED) is 0.692. The molecule has 6 heteroatoms. The third-order valence-corrected chi connectivity index (χ3v) is 5.59. The van der Waals surface area contributed by atoms with Crippen LogP contribution in [0.2, 0.25) is 0 Å². The molecule has 0 radical (unpaired) electrons. The van der Waals surface area contributed by atoms with Crippen molar-refractivity contribution in [3.05, 3.63) is 0 Å². The molecule has 0 aromatic rings. The van der Waals surface area contributed by atoms with Crippen LogP contribution in [0.5, 0.6) is 0 Å². The Labute approximate surface area is 83.4 Å². The van der Waals surface area contributed by atoms with Gasteiger partial charge >= 0.3 is 13.5 Å². The van der Waals surface area contributed by atoms with Gasteiger partial charge in [-0.05, 0) is 0 Å². The Morgan fingerprint density at radius 2 is 1.93 bits per heavy atom. The molecule has 5 nitrogen and oxygen atoms in total. The largest absolute Gasteiger partial charge is 0.477 e. The third kappa shape index (κ3) is 2.00. The Morgan fingerprint density at radius 3 is 2.29 bits per heavy atom. The molecular formula is C8H17NO4P+. The minimum Gasteiger partial charge on any atom is -0.477 e. The van der Waals surface area contributed by atoms with Crippen LogP contribution in [0.15, 0.2) is 0 Å². The number of carbonyl (C=O) groups is 1. The van der Waals surface area contributed by atoms with Gasteiger partial charge in [0.05, 0.1) is 19.3 Å². The van der Waals surface area contributed by atoms with Gasteiger partial charge in [0.2, 0.25) is 0 Å². The lowest BCUT2D eigenvalue weighted by atomic mass is 10.4. The summed E-state index contributed by atoms with van der Waals surface area (Å²) in [6.45, 7) is 2.46. The average molecular weight is 222 g/mol. The van der Waals surface area contributed by atoms with E-state index in [1.165, 1.54) is 0 Å². The molecule has 0 spiro atoms. The number of nitrogens with zero attached hydrogens (tertiary/aromatic N) is 1. The van der Waals surface area contributed by atoms with Crippen molar-refractivity contribution in [2.45, 2.75) is 19.8 Å². The standard InChI is InChI=1S/C8H16NO4P/c1-2-14(12,13)9(7-8(10)11)5-3-4-6-9/h2-7H2,1H3,(H-,10,11,12,13)/p+1. The molecule has 1 heterocycles. The summed E-state index contributed by atoms with van der Waals surface area (Å²) < 4.78 is 11.8. The van der Waals surface area contributed by atoms with E-state index in [0.29, 0.717) is 13.1 Å². The van der Waals surface area contributed by atoms with E-state index >= 15 is 0 Å². The molecule has 1 saturated heterocycles. The molecule has 14 heavy (non-hydrogen) atoms. The second kappa shape index (κ2) is 4.01. The molecule has 0 saturated carbocycles. The van der Waals surface area contributed by atoms with Crippen molar-refractivity contribution in [1.29, 1.82) is 0 Å². The van der Waals surface area contributed by atoms with E-state index in [2.05, 4.69) is 0 Å². The number of aliphatic carboxylic acids is 1. The monoisotopic (exact) mass is 222 g/mol. The second-order valence-corrected chi connectivity index (χ2v) is 6.59. The summed E-state index contributed by atoms with van der Waals surface area (Å²) in [4.78, 5) is 20.5. The molecule has 1 fully saturated rings. The van der Waals surface area contributed by atoms with Gasteiger partial charge < -0.3 is 10.00 Å². The minimum atomic E-state index is -3.35. The lowest BCUT2D eigenvalue weighted by Gasteiger charge is -2.35. The van der Waals surface area contributed by atoms with Crippen molar-refractivity contribution < 1.29 is 23.6 Å². The first-order valence-electron chi connectivity index (χ1n) is 4.84. The number of carboxylic acid groups (broad SMARTS) is 1. The lowest BCUT2D eigenvalue weighted by molar-refractivity contribution is -0.797. The van der Waals surface area contributed by atoms with Crippen molar-refractivity contribution in [1.82, 2.24) is 0 Å². The molecule has 0 aliphatic carbocycles. The third-order valence-electron chi connectivity index (χ3n) is 2.90. The van der Waals surface area contributed by atoms with Crippen molar-refractivity contribution in [2.75, 3.05) is 25.8 Å². The predicted octanol–water partition coefficient (Wildman–Crippen LogP) is 0.887. The van der Waals surface area contributed by atoms with Gasteiger partial charge in [0.1, 0.15) is 0 Å². The summed E-state index contributed by atoms with van der Waals surface area (Å²) in [5.41, 5.74) is 0. The SMILES string of the molecule is CCP(=O)(O)[N+]1(CC(=O)O)CCCC1. The van der Waals surface area contributed by atoms with E-state index in [9.17, 15) is 14.3 Å². The smallest absolute Gasteiger partial charge is 0.379 e. The zero-order valence-corrected chi connectivity index (χ0v) is 9.24. The maximum Gasteiger partial charge on any atom is 0.379 e. The zero-order chi connectivity index (χ0) is 10.8. The molecular weight excluding hydrogens is 205 g/mol.